The zero-order valence-electron chi connectivity index (χ0n) is 19.8. The van der Waals surface area contributed by atoms with Crippen LogP contribution in [0.1, 0.15) is 35.9 Å². The second kappa shape index (κ2) is 11.3. The number of hydrogen-bond donors (Lipinski definition) is 3. The Kier molecular flexibility index (Phi) is 8.04. The third kappa shape index (κ3) is 5.79. The molecule has 37 heavy (non-hydrogen) atoms. The number of nitrogens with zero attached hydrogens (tertiary/aromatic N) is 2. The van der Waals surface area contributed by atoms with E-state index < -0.39 is 17.9 Å². The summed E-state index contributed by atoms with van der Waals surface area (Å²) >= 11 is 15.0. The van der Waals surface area contributed by atoms with Crippen molar-refractivity contribution in [3.63, 3.8) is 0 Å². The number of benzene rings is 2. The van der Waals surface area contributed by atoms with E-state index in [9.17, 15) is 14.0 Å². The first-order valence-corrected chi connectivity index (χ1v) is 14.1. The Morgan fingerprint density at radius 2 is 1.97 bits per heavy atom. The minimum absolute atomic E-state index is 0.0734. The monoisotopic (exact) mass is 579 g/mol. The number of fused-ring (bicyclic) bond motifs is 1. The molecule has 3 unspecified atom stereocenters. The van der Waals surface area contributed by atoms with Crippen molar-refractivity contribution in [3.05, 3.63) is 68.9 Å². The molecule has 1 saturated heterocycles. The van der Waals surface area contributed by atoms with E-state index in [1.54, 1.807) is 22.7 Å². The zero-order valence-corrected chi connectivity index (χ0v) is 22.9. The van der Waals surface area contributed by atoms with Gasteiger partial charge in [0.1, 0.15) is 16.9 Å². The van der Waals surface area contributed by atoms with Crippen LogP contribution >= 0.6 is 46.7 Å². The average molecular weight is 581 g/mol. The van der Waals surface area contributed by atoms with E-state index in [0.717, 1.165) is 40.4 Å². The van der Waals surface area contributed by atoms with Gasteiger partial charge in [0.2, 0.25) is 11.8 Å². The molecule has 2 aliphatic rings. The molecule has 2 amide bonds. The van der Waals surface area contributed by atoms with E-state index in [2.05, 4.69) is 15.4 Å². The van der Waals surface area contributed by atoms with Crippen molar-refractivity contribution in [1.29, 1.82) is 0 Å². The number of nitrogens with one attached hydrogen (secondary N) is 3. The molecule has 2 heterocycles. The van der Waals surface area contributed by atoms with Gasteiger partial charge in [-0.3, -0.25) is 9.59 Å². The predicted molar refractivity (Wildman–Crippen MR) is 147 cm³/mol. The second-order valence-corrected chi connectivity index (χ2v) is 11.8. The smallest absolute Gasteiger partial charge is 0.242 e. The highest BCUT2D eigenvalue weighted by molar-refractivity contribution is 7.95. The van der Waals surface area contributed by atoms with Crippen molar-refractivity contribution in [3.8, 4) is 10.6 Å². The summed E-state index contributed by atoms with van der Waals surface area (Å²) in [5.41, 5.74) is 2.28. The molecule has 3 atom stereocenters. The average Bonchev–Trinajstić information content (AvgIpc) is 3.32. The number of hydrogen-bond acceptors (Lipinski definition) is 7. The van der Waals surface area contributed by atoms with E-state index in [-0.39, 0.29) is 29.3 Å². The summed E-state index contributed by atoms with van der Waals surface area (Å²) in [6.07, 6.45) is 2.87. The van der Waals surface area contributed by atoms with Gasteiger partial charge in [0, 0.05) is 23.4 Å². The number of aryl methyl sites for hydroxylation is 1. The highest BCUT2D eigenvalue weighted by Crippen LogP contribution is 2.40. The first-order chi connectivity index (χ1) is 17.8. The number of aromatic nitrogens is 1. The molecule has 1 aliphatic carbocycles. The lowest BCUT2D eigenvalue weighted by molar-refractivity contribution is -0.125. The predicted octanol–water partition coefficient (Wildman–Crippen LogP) is 5.61. The Morgan fingerprint density at radius 3 is 2.76 bits per heavy atom. The van der Waals surface area contributed by atoms with Crippen LogP contribution in [0.2, 0.25) is 10.0 Å². The Hall–Kier alpha value is -2.21. The standard InChI is InChI=1S/C25H24Cl2FN5O2S2/c1-33-21(24(35)29-13-9-10-17(28)16(27)11-13)12-20(32-37-33)23(34)30-18-7-4-8-19-22(18)36-25(31-19)14-5-2-3-6-15(14)26/h2-3,5-6,9-11,18,20-21,32H,4,7-8,12H2,1H3,(H,29,35)(H,30,34). The van der Waals surface area contributed by atoms with Crippen molar-refractivity contribution in [2.45, 2.75) is 43.8 Å². The van der Waals surface area contributed by atoms with Gasteiger partial charge >= 0.3 is 0 Å². The van der Waals surface area contributed by atoms with Gasteiger partial charge in [0.25, 0.3) is 0 Å². The lowest BCUT2D eigenvalue weighted by Gasteiger charge is -2.35. The van der Waals surface area contributed by atoms with E-state index >= 15 is 0 Å². The maximum Gasteiger partial charge on any atom is 0.242 e. The zero-order chi connectivity index (χ0) is 26.1. The second-order valence-electron chi connectivity index (χ2n) is 8.94. The van der Waals surface area contributed by atoms with E-state index in [0.29, 0.717) is 10.7 Å². The third-order valence-corrected chi connectivity index (χ3v) is 9.21. The topological polar surface area (TPSA) is 86.4 Å². The molecule has 7 nitrogen and oxygen atoms in total. The number of halogens is 3. The molecule has 0 radical (unpaired) electrons. The molecule has 1 aromatic heterocycles. The van der Waals surface area contributed by atoms with Gasteiger partial charge in [0.05, 0.1) is 32.7 Å². The molecular formula is C25H24Cl2FN5O2S2. The molecule has 3 N–H and O–H groups in total. The quantitative estimate of drug-likeness (QED) is 0.340. The molecule has 0 saturated carbocycles. The van der Waals surface area contributed by atoms with Gasteiger partial charge in [-0.2, -0.15) is 0 Å². The fraction of sp³-hybridized carbons (Fsp3) is 0.320. The largest absolute Gasteiger partial charge is 0.347 e. The van der Waals surface area contributed by atoms with Crippen molar-refractivity contribution >= 4 is 64.2 Å². The van der Waals surface area contributed by atoms with Gasteiger partial charge in [-0.15, -0.1) is 11.3 Å². The minimum Gasteiger partial charge on any atom is -0.347 e. The minimum atomic E-state index is -0.581. The molecule has 5 rings (SSSR count). The van der Waals surface area contributed by atoms with Gasteiger partial charge in [-0.1, -0.05) is 41.4 Å². The van der Waals surface area contributed by atoms with Crippen LogP contribution in [-0.2, 0) is 16.0 Å². The lowest BCUT2D eigenvalue weighted by atomic mass is 9.97. The van der Waals surface area contributed by atoms with Crippen LogP contribution < -0.4 is 15.4 Å². The van der Waals surface area contributed by atoms with Crippen LogP contribution in [0.15, 0.2) is 42.5 Å². The molecule has 3 aromatic rings. The van der Waals surface area contributed by atoms with Crippen LogP contribution in [0, 0.1) is 5.82 Å². The number of thiazole rings is 1. The first kappa shape index (κ1) is 26.4. The van der Waals surface area contributed by atoms with Crippen molar-refractivity contribution in [1.82, 2.24) is 19.3 Å². The van der Waals surface area contributed by atoms with Crippen molar-refractivity contribution in [2.24, 2.45) is 0 Å². The van der Waals surface area contributed by atoms with Gasteiger partial charge in [-0.25, -0.2) is 18.4 Å². The SMILES string of the molecule is CN1SNC(C(=O)NC2CCCc3nc(-c4ccccc4Cl)sc32)CC1C(=O)Nc1ccc(F)c(Cl)c1. The molecule has 12 heteroatoms. The van der Waals surface area contributed by atoms with E-state index in [4.69, 9.17) is 28.2 Å². The Labute approximate surface area is 232 Å². The summed E-state index contributed by atoms with van der Waals surface area (Å²) in [5.74, 6) is -1.03. The molecular weight excluding hydrogens is 556 g/mol. The van der Waals surface area contributed by atoms with Crippen LogP contribution in [0.3, 0.4) is 0 Å². The number of carbonyl (C=O) groups excluding carboxylic acids is 2. The molecule has 2 aromatic carbocycles. The first-order valence-electron chi connectivity index (χ1n) is 11.8. The van der Waals surface area contributed by atoms with Crippen molar-refractivity contribution < 1.29 is 14.0 Å². The molecule has 0 bridgehead atoms. The van der Waals surface area contributed by atoms with Crippen LogP contribution in [0.25, 0.3) is 10.6 Å². The van der Waals surface area contributed by atoms with Gasteiger partial charge < -0.3 is 10.6 Å². The van der Waals surface area contributed by atoms with Crippen molar-refractivity contribution in [2.75, 3.05) is 12.4 Å². The number of rotatable bonds is 5. The van der Waals surface area contributed by atoms with E-state index in [1.807, 2.05) is 24.3 Å². The van der Waals surface area contributed by atoms with Crippen LogP contribution in [0.4, 0.5) is 10.1 Å². The summed E-state index contributed by atoms with van der Waals surface area (Å²) in [6, 6.07) is 10.3. The summed E-state index contributed by atoms with van der Waals surface area (Å²) < 4.78 is 18.4. The fourth-order valence-corrected chi connectivity index (χ4v) is 6.95. The van der Waals surface area contributed by atoms with Crippen LogP contribution in [0.5, 0.6) is 0 Å². The third-order valence-electron chi connectivity index (χ3n) is 6.41. The van der Waals surface area contributed by atoms with E-state index in [1.165, 1.54) is 30.3 Å². The summed E-state index contributed by atoms with van der Waals surface area (Å²) in [6.45, 7) is 0. The number of carbonyl (C=O) groups is 2. The molecule has 194 valence electrons. The van der Waals surface area contributed by atoms with Gasteiger partial charge in [0.15, 0.2) is 0 Å². The summed E-state index contributed by atoms with van der Waals surface area (Å²) in [4.78, 5) is 32.1. The number of amides is 2. The Morgan fingerprint density at radius 1 is 1.16 bits per heavy atom. The Bertz CT molecular complexity index is 1340. The molecule has 1 fully saturated rings. The number of anilines is 1. The fourth-order valence-electron chi connectivity index (χ4n) is 4.44. The number of likely N-dealkylation sites (N-methyl/N-ethyl adjacent to an activating group) is 1. The van der Waals surface area contributed by atoms with Gasteiger partial charge in [-0.05, 0) is 57.0 Å². The maximum absolute atomic E-state index is 13.5. The summed E-state index contributed by atoms with van der Waals surface area (Å²) in [5, 5.41) is 7.36. The normalized spacial score (nSPS) is 21.8. The molecule has 1 aliphatic heterocycles. The molecule has 0 spiro atoms. The van der Waals surface area contributed by atoms with Crippen LogP contribution in [-0.4, -0.2) is 40.2 Å². The summed E-state index contributed by atoms with van der Waals surface area (Å²) in [7, 11) is 1.77. The lowest BCUT2D eigenvalue weighted by Crippen LogP contribution is -2.54. The maximum atomic E-state index is 13.5. The highest BCUT2D eigenvalue weighted by atomic mass is 35.5. The Balaban J connectivity index is 1.26. The highest BCUT2D eigenvalue weighted by Gasteiger charge is 2.37.